The smallest absolute Gasteiger partial charge is 0.330 e. The topological polar surface area (TPSA) is 55.0 Å². The van der Waals surface area contributed by atoms with E-state index in [1.807, 2.05) is 0 Å². The van der Waals surface area contributed by atoms with E-state index in [1.54, 1.807) is 13.0 Å². The molecular weight excluding hydrogens is 300 g/mol. The highest BCUT2D eigenvalue weighted by atomic mass is 32.1. The Labute approximate surface area is 114 Å². The van der Waals surface area contributed by atoms with Crippen LogP contribution in [0, 0.1) is 6.92 Å². The molecule has 0 bridgehead atoms. The molecule has 2 heterocycles. The number of aryl methyl sites for hydroxylation is 1. The van der Waals surface area contributed by atoms with Crippen LogP contribution in [0.1, 0.15) is 10.7 Å². The summed E-state index contributed by atoms with van der Waals surface area (Å²) in [5.41, 5.74) is -0.418. The van der Waals surface area contributed by atoms with E-state index in [-0.39, 0.29) is 5.82 Å². The summed E-state index contributed by atoms with van der Waals surface area (Å²) in [6.07, 6.45) is -3.79. The van der Waals surface area contributed by atoms with E-state index >= 15 is 0 Å². The summed E-state index contributed by atoms with van der Waals surface area (Å²) < 4.78 is 53.6. The molecule has 9 heteroatoms. The molecule has 0 saturated heterocycles. The van der Waals surface area contributed by atoms with Crippen molar-refractivity contribution in [1.82, 2.24) is 9.97 Å². The fraction of sp³-hybridized carbons (Fsp3) is 0.455. The van der Waals surface area contributed by atoms with E-state index in [0.717, 1.165) is 4.88 Å². The molecule has 1 N–H and O–H groups in total. The van der Waals surface area contributed by atoms with Gasteiger partial charge in [-0.2, -0.15) is 8.78 Å². The van der Waals surface area contributed by atoms with Gasteiger partial charge in [-0.05, 0) is 13.0 Å². The van der Waals surface area contributed by atoms with Crippen LogP contribution in [-0.4, -0.2) is 28.9 Å². The van der Waals surface area contributed by atoms with Gasteiger partial charge in [0, 0.05) is 4.88 Å². The number of rotatable bonds is 5. The fourth-order valence-electron chi connectivity index (χ4n) is 1.51. The molecule has 0 aliphatic carbocycles. The van der Waals surface area contributed by atoms with E-state index in [1.165, 1.54) is 11.3 Å². The molecule has 0 aliphatic rings. The number of nitrogens with one attached hydrogen (secondary N) is 1. The fourth-order valence-corrected chi connectivity index (χ4v) is 2.41. The number of halogens is 4. The van der Waals surface area contributed by atoms with Crippen molar-refractivity contribution in [3.63, 3.8) is 0 Å². The summed E-state index contributed by atoms with van der Waals surface area (Å²) in [5, 5.41) is 0.397. The zero-order valence-corrected chi connectivity index (χ0v) is 11.1. The average Bonchev–Trinajstić information content (AvgIpc) is 2.70. The minimum atomic E-state index is -4.22. The third-order valence-corrected chi connectivity index (χ3v) is 3.37. The quantitative estimate of drug-likeness (QED) is 0.864. The van der Waals surface area contributed by atoms with E-state index in [0.29, 0.717) is 10.2 Å². The Hall–Kier alpha value is -1.48. The van der Waals surface area contributed by atoms with Crippen LogP contribution in [0.25, 0.3) is 10.2 Å². The minimum Gasteiger partial charge on any atom is -0.367 e. The Kier molecular flexibility index (Phi) is 4.09. The molecule has 0 aromatic carbocycles. The van der Waals surface area contributed by atoms with Gasteiger partial charge in [-0.15, -0.1) is 11.3 Å². The number of thiophene rings is 1. The number of fused-ring (bicyclic) bond motifs is 1. The summed E-state index contributed by atoms with van der Waals surface area (Å²) in [6, 6.07) is 1.65. The van der Waals surface area contributed by atoms with Crippen LogP contribution in [0.2, 0.25) is 0 Å². The molecule has 0 radical (unpaired) electrons. The van der Waals surface area contributed by atoms with Gasteiger partial charge in [0.25, 0.3) is 5.56 Å². The molecule has 0 atom stereocenters. The van der Waals surface area contributed by atoms with Gasteiger partial charge in [0.1, 0.15) is 23.9 Å². The first-order valence-electron chi connectivity index (χ1n) is 5.52. The van der Waals surface area contributed by atoms with Crippen LogP contribution >= 0.6 is 11.3 Å². The van der Waals surface area contributed by atoms with Gasteiger partial charge in [-0.1, -0.05) is 0 Å². The molecule has 0 spiro atoms. The highest BCUT2D eigenvalue weighted by Crippen LogP contribution is 2.23. The second kappa shape index (κ2) is 5.49. The maximum Gasteiger partial charge on any atom is 0.330 e. The SMILES string of the molecule is Cc1cc2c(=O)[nH]c(COCC(F)(F)C(F)F)nc2s1. The number of nitrogens with zero attached hydrogens (tertiary/aromatic N) is 1. The summed E-state index contributed by atoms with van der Waals surface area (Å²) >= 11 is 1.27. The Bertz CT molecular complexity index is 668. The highest BCUT2D eigenvalue weighted by Gasteiger charge is 2.40. The van der Waals surface area contributed by atoms with Crippen molar-refractivity contribution in [2.24, 2.45) is 0 Å². The number of aromatic amines is 1. The number of hydrogen-bond donors (Lipinski definition) is 1. The monoisotopic (exact) mass is 310 g/mol. The molecule has 110 valence electrons. The Balaban J connectivity index is 2.09. The normalized spacial score (nSPS) is 12.5. The van der Waals surface area contributed by atoms with Crippen molar-refractivity contribution in [3.8, 4) is 0 Å². The van der Waals surface area contributed by atoms with Crippen molar-refractivity contribution in [2.45, 2.75) is 25.9 Å². The number of aromatic nitrogens is 2. The number of hydrogen-bond acceptors (Lipinski definition) is 4. The summed E-state index contributed by atoms with van der Waals surface area (Å²) in [6.45, 7) is -0.106. The zero-order chi connectivity index (χ0) is 14.9. The van der Waals surface area contributed by atoms with Gasteiger partial charge in [0.15, 0.2) is 0 Å². The maximum atomic E-state index is 12.6. The van der Waals surface area contributed by atoms with E-state index in [2.05, 4.69) is 14.7 Å². The first kappa shape index (κ1) is 14.9. The molecule has 0 fully saturated rings. The highest BCUT2D eigenvalue weighted by molar-refractivity contribution is 7.18. The van der Waals surface area contributed by atoms with Crippen molar-refractivity contribution in [1.29, 1.82) is 0 Å². The molecule has 4 nitrogen and oxygen atoms in total. The minimum absolute atomic E-state index is 0.0226. The van der Waals surface area contributed by atoms with Crippen molar-refractivity contribution in [3.05, 3.63) is 27.1 Å². The molecule has 0 amide bonds. The van der Waals surface area contributed by atoms with Gasteiger partial charge in [-0.25, -0.2) is 13.8 Å². The Morgan fingerprint density at radius 2 is 2.20 bits per heavy atom. The van der Waals surface area contributed by atoms with Crippen molar-refractivity contribution >= 4 is 21.6 Å². The Morgan fingerprint density at radius 1 is 1.50 bits per heavy atom. The predicted octanol–water partition coefficient (Wildman–Crippen LogP) is 2.71. The second-order valence-electron chi connectivity index (χ2n) is 4.14. The lowest BCUT2D eigenvalue weighted by Gasteiger charge is -2.14. The first-order valence-corrected chi connectivity index (χ1v) is 6.34. The summed E-state index contributed by atoms with van der Waals surface area (Å²) in [4.78, 5) is 19.4. The van der Waals surface area contributed by atoms with Gasteiger partial charge in [0.2, 0.25) is 0 Å². The van der Waals surface area contributed by atoms with Crippen LogP contribution in [0.3, 0.4) is 0 Å². The molecule has 2 aromatic heterocycles. The standard InChI is InChI=1S/C11H10F4N2O2S/c1-5-2-6-8(18)16-7(17-9(6)20-5)3-19-4-11(14,15)10(12)13/h2,10H,3-4H2,1H3,(H,16,17,18). The molecule has 20 heavy (non-hydrogen) atoms. The van der Waals surface area contributed by atoms with Crippen molar-refractivity contribution in [2.75, 3.05) is 6.61 Å². The number of alkyl halides is 4. The second-order valence-corrected chi connectivity index (χ2v) is 5.38. The Morgan fingerprint density at radius 3 is 2.85 bits per heavy atom. The van der Waals surface area contributed by atoms with Gasteiger partial charge < -0.3 is 9.72 Å². The molecule has 0 unspecified atom stereocenters. The summed E-state index contributed by atoms with van der Waals surface area (Å²) in [7, 11) is 0. The van der Waals surface area contributed by atoms with Gasteiger partial charge >= 0.3 is 12.3 Å². The molecular formula is C11H10F4N2O2S. The predicted molar refractivity (Wildman–Crippen MR) is 65.6 cm³/mol. The summed E-state index contributed by atoms with van der Waals surface area (Å²) in [5.74, 6) is -4.20. The average molecular weight is 310 g/mol. The zero-order valence-electron chi connectivity index (χ0n) is 10.3. The maximum absolute atomic E-state index is 12.6. The lowest BCUT2D eigenvalue weighted by molar-refractivity contribution is -0.168. The van der Waals surface area contributed by atoms with E-state index in [9.17, 15) is 22.4 Å². The third kappa shape index (κ3) is 3.15. The van der Waals surface area contributed by atoms with Gasteiger partial charge in [-0.3, -0.25) is 4.79 Å². The largest absolute Gasteiger partial charge is 0.367 e. The molecule has 2 aromatic rings. The van der Waals surface area contributed by atoms with E-state index in [4.69, 9.17) is 0 Å². The lowest BCUT2D eigenvalue weighted by Crippen LogP contribution is -2.32. The van der Waals surface area contributed by atoms with Crippen LogP contribution in [0.4, 0.5) is 17.6 Å². The first-order chi connectivity index (χ1) is 9.29. The van der Waals surface area contributed by atoms with Crippen LogP contribution < -0.4 is 5.56 Å². The molecule has 0 aliphatic heterocycles. The third-order valence-electron chi connectivity index (χ3n) is 2.43. The van der Waals surface area contributed by atoms with Crippen molar-refractivity contribution < 1.29 is 22.3 Å². The lowest BCUT2D eigenvalue weighted by atomic mass is 10.3. The number of ether oxygens (including phenoxy) is 1. The van der Waals surface area contributed by atoms with Gasteiger partial charge in [0.05, 0.1) is 5.39 Å². The van der Waals surface area contributed by atoms with Crippen LogP contribution in [0.15, 0.2) is 10.9 Å². The van der Waals surface area contributed by atoms with Crippen LogP contribution in [-0.2, 0) is 11.3 Å². The molecule has 0 saturated carbocycles. The van der Waals surface area contributed by atoms with Crippen LogP contribution in [0.5, 0.6) is 0 Å². The number of H-pyrrole nitrogens is 1. The molecule has 2 rings (SSSR count). The van der Waals surface area contributed by atoms with E-state index < -0.39 is 31.1 Å².